The molecule has 0 saturated carbocycles. The topological polar surface area (TPSA) is 112 Å². The van der Waals surface area contributed by atoms with Crippen molar-refractivity contribution in [3.63, 3.8) is 0 Å². The highest BCUT2D eigenvalue weighted by Gasteiger charge is 2.16. The summed E-state index contributed by atoms with van der Waals surface area (Å²) in [4.78, 5) is 33.3. The number of benzene rings is 2. The Hall–Kier alpha value is -3.22. The number of amides is 1. The summed E-state index contributed by atoms with van der Waals surface area (Å²) in [5, 5.41) is 24.4. The van der Waals surface area contributed by atoms with Gasteiger partial charge in [0.25, 0.3) is 5.69 Å². The molecule has 0 atom stereocenters. The van der Waals surface area contributed by atoms with E-state index in [-0.39, 0.29) is 23.2 Å². The van der Waals surface area contributed by atoms with Gasteiger partial charge in [0.15, 0.2) is 0 Å². The summed E-state index contributed by atoms with van der Waals surface area (Å²) in [6, 6.07) is 10.2. The lowest BCUT2D eigenvalue weighted by atomic mass is 10.1. The van der Waals surface area contributed by atoms with Crippen molar-refractivity contribution in [3.8, 4) is 0 Å². The van der Waals surface area contributed by atoms with Crippen LogP contribution in [0.25, 0.3) is 0 Å². The fraction of sp³-hybridized carbons (Fsp3) is 0.125. The zero-order chi connectivity index (χ0) is 17.0. The first-order chi connectivity index (χ1) is 10.9. The maximum Gasteiger partial charge on any atom is 0.273 e. The number of rotatable bonds is 5. The average molecular weight is 313 g/mol. The van der Waals surface area contributed by atoms with E-state index in [2.05, 4.69) is 5.32 Å². The lowest BCUT2D eigenvalue weighted by Crippen LogP contribution is -2.23. The van der Waals surface area contributed by atoms with Gasteiger partial charge >= 0.3 is 0 Å². The van der Waals surface area contributed by atoms with E-state index in [9.17, 15) is 24.8 Å². The number of nitro benzene ring substituents is 1. The number of aromatic carboxylic acids is 1. The first-order valence-corrected chi connectivity index (χ1v) is 6.72. The molecule has 2 aromatic rings. The van der Waals surface area contributed by atoms with Gasteiger partial charge < -0.3 is 15.2 Å². The number of anilines is 1. The van der Waals surface area contributed by atoms with E-state index in [0.29, 0.717) is 11.3 Å². The second-order valence-electron chi connectivity index (χ2n) is 4.93. The third-order valence-electron chi connectivity index (χ3n) is 3.29. The largest absolute Gasteiger partial charge is 0.545 e. The van der Waals surface area contributed by atoms with Gasteiger partial charge in [-0.3, -0.25) is 14.9 Å². The minimum absolute atomic E-state index is 0.0587. The number of nitrogens with one attached hydrogen (secondary N) is 1. The highest BCUT2D eigenvalue weighted by atomic mass is 16.6. The molecule has 0 radical (unpaired) electrons. The van der Waals surface area contributed by atoms with Crippen molar-refractivity contribution >= 4 is 23.3 Å². The van der Waals surface area contributed by atoms with Crippen LogP contribution >= 0.6 is 0 Å². The number of carbonyl (C=O) groups is 2. The van der Waals surface area contributed by atoms with Crippen molar-refractivity contribution < 1.29 is 19.6 Å². The molecule has 1 amide bonds. The van der Waals surface area contributed by atoms with Gasteiger partial charge in [-0.2, -0.15) is 0 Å². The molecule has 2 aromatic carbocycles. The highest BCUT2D eigenvalue weighted by Crippen LogP contribution is 2.20. The summed E-state index contributed by atoms with van der Waals surface area (Å²) in [5.74, 6) is -1.82. The zero-order valence-corrected chi connectivity index (χ0v) is 12.2. The van der Waals surface area contributed by atoms with Crippen LogP contribution in [-0.2, 0) is 11.2 Å². The van der Waals surface area contributed by atoms with Crippen LogP contribution in [0, 0.1) is 17.0 Å². The molecule has 2 rings (SSSR count). The maximum atomic E-state index is 12.1. The molecular weight excluding hydrogens is 300 g/mol. The standard InChI is InChI=1S/C16H14N2O5/c1-10-6-7-12(16(20)21)8-13(10)17-15(19)9-11-4-2-3-5-14(11)18(22)23/h2-8H,9H2,1H3,(H,17,19)(H,20,21)/p-1. The number of hydrogen-bond donors (Lipinski definition) is 1. The first-order valence-electron chi connectivity index (χ1n) is 6.72. The van der Waals surface area contributed by atoms with Crippen molar-refractivity contribution in [2.45, 2.75) is 13.3 Å². The van der Waals surface area contributed by atoms with Crippen molar-refractivity contribution in [1.82, 2.24) is 0 Å². The van der Waals surface area contributed by atoms with Crippen molar-refractivity contribution in [3.05, 3.63) is 69.3 Å². The summed E-state index contributed by atoms with van der Waals surface area (Å²) in [6.45, 7) is 1.71. The molecular formula is C16H13N2O5-. The number of aryl methyl sites for hydroxylation is 1. The monoisotopic (exact) mass is 313 g/mol. The van der Waals surface area contributed by atoms with Crippen molar-refractivity contribution in [2.24, 2.45) is 0 Å². The summed E-state index contributed by atoms with van der Waals surface area (Å²) in [7, 11) is 0. The quantitative estimate of drug-likeness (QED) is 0.663. The Bertz CT molecular complexity index is 786. The summed E-state index contributed by atoms with van der Waals surface area (Å²) < 4.78 is 0. The van der Waals surface area contributed by atoms with E-state index >= 15 is 0 Å². The summed E-state index contributed by atoms with van der Waals surface area (Å²) >= 11 is 0. The second kappa shape index (κ2) is 6.69. The molecule has 7 heteroatoms. The minimum atomic E-state index is -1.35. The van der Waals surface area contributed by atoms with Crippen LogP contribution in [-0.4, -0.2) is 16.8 Å². The van der Waals surface area contributed by atoms with Crippen LogP contribution in [0.5, 0.6) is 0 Å². The third kappa shape index (κ3) is 3.91. The van der Waals surface area contributed by atoms with Crippen molar-refractivity contribution in [2.75, 3.05) is 5.32 Å². The fourth-order valence-electron chi connectivity index (χ4n) is 2.09. The van der Waals surface area contributed by atoms with Gasteiger partial charge in [-0.25, -0.2) is 0 Å². The molecule has 7 nitrogen and oxygen atoms in total. The Balaban J connectivity index is 2.19. The van der Waals surface area contributed by atoms with Gasteiger partial charge in [-0.1, -0.05) is 30.3 Å². The molecule has 0 heterocycles. The van der Waals surface area contributed by atoms with Crippen LogP contribution in [0.15, 0.2) is 42.5 Å². The number of carboxylic acids is 1. The molecule has 0 aliphatic carbocycles. The highest BCUT2D eigenvalue weighted by molar-refractivity contribution is 5.95. The van der Waals surface area contributed by atoms with Crippen LogP contribution in [0.1, 0.15) is 21.5 Å². The Morgan fingerprint density at radius 3 is 2.52 bits per heavy atom. The van der Waals surface area contributed by atoms with Gasteiger partial charge in [0.05, 0.1) is 17.3 Å². The van der Waals surface area contributed by atoms with Gasteiger partial charge in [0.1, 0.15) is 0 Å². The summed E-state index contributed by atoms with van der Waals surface area (Å²) in [5.41, 5.74) is 1.09. The molecule has 0 bridgehead atoms. The van der Waals surface area contributed by atoms with E-state index in [1.807, 2.05) is 0 Å². The van der Waals surface area contributed by atoms with E-state index in [1.165, 1.54) is 30.3 Å². The lowest BCUT2D eigenvalue weighted by molar-refractivity contribution is -0.385. The maximum absolute atomic E-state index is 12.1. The molecule has 0 fully saturated rings. The van der Waals surface area contributed by atoms with Crippen LogP contribution in [0.4, 0.5) is 11.4 Å². The molecule has 118 valence electrons. The Labute approximate surface area is 131 Å². The first kappa shape index (κ1) is 16.2. The lowest BCUT2D eigenvalue weighted by Gasteiger charge is -2.11. The van der Waals surface area contributed by atoms with Crippen LogP contribution < -0.4 is 10.4 Å². The Morgan fingerprint density at radius 1 is 1.17 bits per heavy atom. The van der Waals surface area contributed by atoms with E-state index < -0.39 is 16.8 Å². The van der Waals surface area contributed by atoms with Gasteiger partial charge in [0.2, 0.25) is 5.91 Å². The van der Waals surface area contributed by atoms with Crippen LogP contribution in [0.2, 0.25) is 0 Å². The van der Waals surface area contributed by atoms with E-state index in [1.54, 1.807) is 19.1 Å². The Morgan fingerprint density at radius 2 is 1.87 bits per heavy atom. The molecule has 0 spiro atoms. The van der Waals surface area contributed by atoms with Crippen molar-refractivity contribution in [1.29, 1.82) is 0 Å². The number of carboxylic acid groups (broad SMARTS) is 1. The predicted octanol–water partition coefficient (Wildman–Crippen LogP) is 1.45. The molecule has 0 aromatic heterocycles. The van der Waals surface area contributed by atoms with Gasteiger partial charge in [0, 0.05) is 17.3 Å². The summed E-state index contributed by atoms with van der Waals surface area (Å²) in [6.07, 6.45) is -0.188. The SMILES string of the molecule is Cc1ccc(C(=O)[O-])cc1NC(=O)Cc1ccccc1[N+](=O)[O-]. The van der Waals surface area contributed by atoms with E-state index in [0.717, 1.165) is 0 Å². The number of para-hydroxylation sites is 1. The predicted molar refractivity (Wildman–Crippen MR) is 80.9 cm³/mol. The number of hydrogen-bond acceptors (Lipinski definition) is 5. The number of carbonyl (C=O) groups excluding carboxylic acids is 2. The average Bonchev–Trinajstić information content (AvgIpc) is 2.49. The van der Waals surface area contributed by atoms with E-state index in [4.69, 9.17) is 0 Å². The third-order valence-corrected chi connectivity index (χ3v) is 3.29. The number of nitro groups is 1. The molecule has 23 heavy (non-hydrogen) atoms. The molecule has 0 saturated heterocycles. The number of nitrogens with zero attached hydrogens (tertiary/aromatic N) is 1. The smallest absolute Gasteiger partial charge is 0.273 e. The van der Waals surface area contributed by atoms with Gasteiger partial charge in [-0.05, 0) is 24.1 Å². The normalized spacial score (nSPS) is 10.1. The molecule has 0 aliphatic rings. The minimum Gasteiger partial charge on any atom is -0.545 e. The van der Waals surface area contributed by atoms with Gasteiger partial charge in [-0.15, -0.1) is 0 Å². The molecule has 0 unspecified atom stereocenters. The molecule has 1 N–H and O–H groups in total. The molecule has 0 aliphatic heterocycles. The Kier molecular flexibility index (Phi) is 4.70. The second-order valence-corrected chi connectivity index (χ2v) is 4.93. The zero-order valence-electron chi connectivity index (χ0n) is 12.2. The van der Waals surface area contributed by atoms with Crippen LogP contribution in [0.3, 0.4) is 0 Å². The fourth-order valence-corrected chi connectivity index (χ4v) is 2.09.